The van der Waals surface area contributed by atoms with Gasteiger partial charge in [-0.1, -0.05) is 5.21 Å². The molecule has 1 aliphatic carbocycles. The Balaban J connectivity index is 1.43. The molecular weight excluding hydrogens is 346 g/mol. The van der Waals surface area contributed by atoms with Crippen LogP contribution in [0.3, 0.4) is 0 Å². The highest BCUT2D eigenvalue weighted by Crippen LogP contribution is 2.59. The second kappa shape index (κ2) is 5.96. The van der Waals surface area contributed by atoms with Crippen LogP contribution in [-0.4, -0.2) is 56.6 Å². The standard InChI is InChI=1S/C16H18F2N6O2/c1-3-26-15(25)13-8-24(22-21-13)7-12-9(2)20-14(4-19-12)23-5-10-11(6-23)16(10,17)18/h4,8,10-11H,3,5-7H2,1-2H3. The van der Waals surface area contributed by atoms with Crippen LogP contribution in [0.25, 0.3) is 0 Å². The Morgan fingerprint density at radius 1 is 1.38 bits per heavy atom. The number of carbonyl (C=O) groups excluding carboxylic acids is 1. The molecule has 2 aromatic heterocycles. The van der Waals surface area contributed by atoms with Crippen molar-refractivity contribution in [2.45, 2.75) is 26.3 Å². The third-order valence-corrected chi connectivity index (χ3v) is 4.89. The molecule has 2 aromatic rings. The molecule has 1 saturated carbocycles. The van der Waals surface area contributed by atoms with Gasteiger partial charge in [-0.25, -0.2) is 23.2 Å². The van der Waals surface area contributed by atoms with Gasteiger partial charge in [0, 0.05) is 13.1 Å². The lowest BCUT2D eigenvalue weighted by Crippen LogP contribution is -2.28. The molecule has 2 unspecified atom stereocenters. The van der Waals surface area contributed by atoms with Gasteiger partial charge in [0.05, 0.1) is 48.8 Å². The van der Waals surface area contributed by atoms with E-state index in [4.69, 9.17) is 4.74 Å². The molecule has 10 heteroatoms. The maximum absolute atomic E-state index is 13.3. The molecule has 0 N–H and O–H groups in total. The first-order valence-electron chi connectivity index (χ1n) is 8.42. The topological polar surface area (TPSA) is 86.0 Å². The minimum absolute atomic E-state index is 0.131. The number of alkyl halides is 2. The fourth-order valence-corrected chi connectivity index (χ4v) is 3.32. The monoisotopic (exact) mass is 364 g/mol. The molecule has 2 aliphatic rings. The van der Waals surface area contributed by atoms with E-state index < -0.39 is 23.7 Å². The Bertz CT molecular complexity index is 841. The second-order valence-corrected chi connectivity index (χ2v) is 6.57. The Morgan fingerprint density at radius 3 is 2.77 bits per heavy atom. The number of fused-ring (bicyclic) bond motifs is 1. The van der Waals surface area contributed by atoms with Gasteiger partial charge in [-0.2, -0.15) is 0 Å². The molecule has 4 rings (SSSR count). The van der Waals surface area contributed by atoms with Crippen molar-refractivity contribution in [2.75, 3.05) is 24.6 Å². The van der Waals surface area contributed by atoms with Crippen molar-refractivity contribution in [3.63, 3.8) is 0 Å². The second-order valence-electron chi connectivity index (χ2n) is 6.57. The van der Waals surface area contributed by atoms with E-state index >= 15 is 0 Å². The number of carbonyl (C=O) groups is 1. The number of aryl methyl sites for hydroxylation is 1. The summed E-state index contributed by atoms with van der Waals surface area (Å²) in [6.07, 6.45) is 3.08. The van der Waals surface area contributed by atoms with Gasteiger partial charge in [0.1, 0.15) is 5.82 Å². The first-order chi connectivity index (χ1) is 12.4. The maximum atomic E-state index is 13.3. The average Bonchev–Trinajstić information content (AvgIpc) is 3.05. The Labute approximate surface area is 148 Å². The van der Waals surface area contributed by atoms with E-state index in [0.29, 0.717) is 36.8 Å². The lowest BCUT2D eigenvalue weighted by molar-refractivity contribution is 0.0519. The van der Waals surface area contributed by atoms with Crippen LogP contribution in [0, 0.1) is 18.8 Å². The molecule has 1 aliphatic heterocycles. The zero-order valence-electron chi connectivity index (χ0n) is 14.4. The molecule has 8 nitrogen and oxygen atoms in total. The number of rotatable bonds is 5. The van der Waals surface area contributed by atoms with Gasteiger partial charge >= 0.3 is 5.97 Å². The van der Waals surface area contributed by atoms with Gasteiger partial charge in [-0.3, -0.25) is 4.98 Å². The third kappa shape index (κ3) is 2.78. The Kier molecular flexibility index (Phi) is 3.85. The van der Waals surface area contributed by atoms with Crippen molar-refractivity contribution in [3.05, 3.63) is 29.5 Å². The molecular formula is C16H18F2N6O2. The molecule has 26 heavy (non-hydrogen) atoms. The van der Waals surface area contributed by atoms with E-state index in [1.165, 1.54) is 10.9 Å². The molecule has 2 atom stereocenters. The minimum Gasteiger partial charge on any atom is -0.461 e. The summed E-state index contributed by atoms with van der Waals surface area (Å²) < 4.78 is 33.0. The van der Waals surface area contributed by atoms with E-state index in [1.807, 2.05) is 4.90 Å². The highest BCUT2D eigenvalue weighted by Gasteiger charge is 2.71. The van der Waals surface area contributed by atoms with Crippen LogP contribution in [0.4, 0.5) is 14.6 Å². The van der Waals surface area contributed by atoms with Gasteiger partial charge < -0.3 is 9.64 Å². The normalized spacial score (nSPS) is 23.0. The van der Waals surface area contributed by atoms with Crippen molar-refractivity contribution in [1.29, 1.82) is 0 Å². The fraction of sp³-hybridized carbons (Fsp3) is 0.562. The molecule has 1 saturated heterocycles. The van der Waals surface area contributed by atoms with E-state index in [-0.39, 0.29) is 12.3 Å². The molecule has 138 valence electrons. The number of anilines is 1. The number of ether oxygens (including phenoxy) is 1. The quantitative estimate of drug-likeness (QED) is 0.739. The van der Waals surface area contributed by atoms with Crippen molar-refractivity contribution in [3.8, 4) is 0 Å². The molecule has 0 aromatic carbocycles. The highest BCUT2D eigenvalue weighted by atomic mass is 19.3. The summed E-state index contributed by atoms with van der Waals surface area (Å²) in [5, 5.41) is 7.67. The van der Waals surface area contributed by atoms with Crippen LogP contribution >= 0.6 is 0 Å². The van der Waals surface area contributed by atoms with Crippen LogP contribution in [-0.2, 0) is 11.3 Å². The lowest BCUT2D eigenvalue weighted by atomic mass is 10.3. The number of aromatic nitrogens is 5. The number of hydrogen-bond donors (Lipinski definition) is 0. The number of nitrogens with zero attached hydrogens (tertiary/aromatic N) is 6. The highest BCUT2D eigenvalue weighted by molar-refractivity contribution is 5.86. The van der Waals surface area contributed by atoms with E-state index in [0.717, 1.165) is 0 Å². The smallest absolute Gasteiger partial charge is 0.360 e. The summed E-state index contributed by atoms with van der Waals surface area (Å²) >= 11 is 0. The van der Waals surface area contributed by atoms with Crippen LogP contribution in [0.2, 0.25) is 0 Å². The van der Waals surface area contributed by atoms with Crippen LogP contribution in [0.15, 0.2) is 12.4 Å². The summed E-state index contributed by atoms with van der Waals surface area (Å²) in [5.41, 5.74) is 1.48. The van der Waals surface area contributed by atoms with Crippen LogP contribution in [0.5, 0.6) is 0 Å². The summed E-state index contributed by atoms with van der Waals surface area (Å²) in [6.45, 7) is 4.72. The van der Waals surface area contributed by atoms with Gasteiger partial charge in [0.2, 0.25) is 0 Å². The van der Waals surface area contributed by atoms with Crippen molar-refractivity contribution >= 4 is 11.8 Å². The number of halogens is 2. The Hall–Kier alpha value is -2.65. The third-order valence-electron chi connectivity index (χ3n) is 4.89. The van der Waals surface area contributed by atoms with Gasteiger partial charge in [0.15, 0.2) is 5.69 Å². The van der Waals surface area contributed by atoms with E-state index in [9.17, 15) is 13.6 Å². The van der Waals surface area contributed by atoms with Crippen molar-refractivity contribution in [1.82, 2.24) is 25.0 Å². The summed E-state index contributed by atoms with van der Waals surface area (Å²) in [4.78, 5) is 22.4. The van der Waals surface area contributed by atoms with E-state index in [2.05, 4.69) is 20.3 Å². The molecule has 0 radical (unpaired) electrons. The minimum atomic E-state index is -2.51. The summed E-state index contributed by atoms with van der Waals surface area (Å²) in [6, 6.07) is 0. The zero-order valence-corrected chi connectivity index (χ0v) is 14.4. The average molecular weight is 364 g/mol. The van der Waals surface area contributed by atoms with Gasteiger partial charge in [0.25, 0.3) is 5.92 Å². The fourth-order valence-electron chi connectivity index (χ4n) is 3.32. The molecule has 3 heterocycles. The van der Waals surface area contributed by atoms with Gasteiger partial charge in [-0.05, 0) is 13.8 Å². The van der Waals surface area contributed by atoms with Crippen LogP contribution < -0.4 is 4.90 Å². The predicted octanol–water partition coefficient (Wildman–Crippen LogP) is 1.30. The largest absolute Gasteiger partial charge is 0.461 e. The Morgan fingerprint density at radius 2 is 2.12 bits per heavy atom. The number of piperidine rings is 1. The van der Waals surface area contributed by atoms with Gasteiger partial charge in [-0.15, -0.1) is 5.10 Å². The first kappa shape index (κ1) is 16.8. The molecule has 0 amide bonds. The summed E-state index contributed by atoms with van der Waals surface area (Å²) in [5.74, 6) is -3.54. The molecule has 2 fully saturated rings. The van der Waals surface area contributed by atoms with E-state index in [1.54, 1.807) is 20.0 Å². The molecule has 0 spiro atoms. The SMILES string of the molecule is CCOC(=O)c1cn(Cc2ncc(N3CC4C(C3)C4(F)F)nc2C)nn1. The zero-order chi connectivity index (χ0) is 18.5. The van der Waals surface area contributed by atoms with Crippen molar-refractivity contribution in [2.24, 2.45) is 11.8 Å². The number of hydrogen-bond acceptors (Lipinski definition) is 7. The van der Waals surface area contributed by atoms with Crippen molar-refractivity contribution < 1.29 is 18.3 Å². The number of esters is 1. The summed E-state index contributed by atoms with van der Waals surface area (Å²) in [7, 11) is 0. The lowest BCUT2D eigenvalue weighted by Gasteiger charge is -2.21. The predicted molar refractivity (Wildman–Crippen MR) is 86.0 cm³/mol. The molecule has 0 bridgehead atoms. The van der Waals surface area contributed by atoms with Crippen LogP contribution in [0.1, 0.15) is 28.8 Å². The first-order valence-corrected chi connectivity index (χ1v) is 8.42. The maximum Gasteiger partial charge on any atom is 0.360 e.